The predicted molar refractivity (Wildman–Crippen MR) is 111 cm³/mol. The second-order valence-electron chi connectivity index (χ2n) is 8.06. The van der Waals surface area contributed by atoms with Crippen molar-refractivity contribution < 1.29 is 18.7 Å². The van der Waals surface area contributed by atoms with Crippen LogP contribution in [0.3, 0.4) is 0 Å². The van der Waals surface area contributed by atoms with Crippen LogP contribution in [0.15, 0.2) is 54.6 Å². The molecule has 2 atom stereocenters. The molecule has 2 heterocycles. The van der Waals surface area contributed by atoms with E-state index < -0.39 is 11.8 Å². The number of hydrogen-bond donors (Lipinski definition) is 0. The molecule has 2 fully saturated rings. The molecule has 5 nitrogen and oxygen atoms in total. The molecule has 0 unspecified atom stereocenters. The lowest BCUT2D eigenvalue weighted by atomic mass is 9.87. The van der Waals surface area contributed by atoms with Gasteiger partial charge in [-0.2, -0.15) is 0 Å². The SMILES string of the molecule is O=C(c1ccc(F)cc1)[C@@H]1CN(Cc2ccccc2)C[C@H]1C(=O)N1CCCOCC1. The van der Waals surface area contributed by atoms with E-state index in [4.69, 9.17) is 4.74 Å². The number of ether oxygens (including phenoxy) is 1. The first kappa shape index (κ1) is 20.7. The molecule has 0 saturated carbocycles. The molecule has 6 heteroatoms. The van der Waals surface area contributed by atoms with Crippen LogP contribution in [-0.4, -0.2) is 60.9 Å². The summed E-state index contributed by atoms with van der Waals surface area (Å²) in [5.41, 5.74) is 1.61. The van der Waals surface area contributed by atoms with Gasteiger partial charge in [0.15, 0.2) is 5.78 Å². The molecule has 0 aliphatic carbocycles. The zero-order valence-corrected chi connectivity index (χ0v) is 17.0. The van der Waals surface area contributed by atoms with Gasteiger partial charge in [0.25, 0.3) is 0 Å². The number of amides is 1. The number of nitrogens with zero attached hydrogens (tertiary/aromatic N) is 2. The van der Waals surface area contributed by atoms with E-state index in [-0.39, 0.29) is 17.5 Å². The molecule has 0 bridgehead atoms. The first-order valence-electron chi connectivity index (χ1n) is 10.5. The van der Waals surface area contributed by atoms with E-state index in [9.17, 15) is 14.0 Å². The van der Waals surface area contributed by atoms with Gasteiger partial charge in [-0.15, -0.1) is 0 Å². The van der Waals surface area contributed by atoms with Gasteiger partial charge >= 0.3 is 0 Å². The lowest BCUT2D eigenvalue weighted by Gasteiger charge is -2.26. The van der Waals surface area contributed by atoms with Crippen molar-refractivity contribution in [2.45, 2.75) is 13.0 Å². The smallest absolute Gasteiger partial charge is 0.227 e. The van der Waals surface area contributed by atoms with E-state index in [2.05, 4.69) is 17.0 Å². The second-order valence-corrected chi connectivity index (χ2v) is 8.06. The lowest BCUT2D eigenvalue weighted by Crippen LogP contribution is -2.42. The van der Waals surface area contributed by atoms with Crippen LogP contribution in [0, 0.1) is 17.7 Å². The van der Waals surface area contributed by atoms with Crippen LogP contribution < -0.4 is 0 Å². The monoisotopic (exact) mass is 410 g/mol. The Kier molecular flexibility index (Phi) is 6.55. The van der Waals surface area contributed by atoms with Crippen molar-refractivity contribution in [1.82, 2.24) is 9.80 Å². The van der Waals surface area contributed by atoms with E-state index in [1.165, 1.54) is 24.3 Å². The molecule has 4 rings (SSSR count). The predicted octanol–water partition coefficient (Wildman–Crippen LogP) is 3.01. The van der Waals surface area contributed by atoms with Gasteiger partial charge in [0, 0.05) is 50.8 Å². The molecule has 0 N–H and O–H groups in total. The Balaban J connectivity index is 1.55. The fourth-order valence-corrected chi connectivity index (χ4v) is 4.40. The van der Waals surface area contributed by atoms with Crippen LogP contribution in [0.5, 0.6) is 0 Å². The number of hydrogen-bond acceptors (Lipinski definition) is 4. The van der Waals surface area contributed by atoms with E-state index in [1.807, 2.05) is 23.1 Å². The number of carbonyl (C=O) groups is 2. The third-order valence-electron chi connectivity index (χ3n) is 5.96. The number of benzene rings is 2. The maximum absolute atomic E-state index is 13.4. The first-order valence-corrected chi connectivity index (χ1v) is 10.5. The van der Waals surface area contributed by atoms with Crippen molar-refractivity contribution in [2.24, 2.45) is 11.8 Å². The highest BCUT2D eigenvalue weighted by molar-refractivity contribution is 6.01. The number of ketones is 1. The largest absolute Gasteiger partial charge is 0.380 e. The summed E-state index contributed by atoms with van der Waals surface area (Å²) in [5, 5.41) is 0. The van der Waals surface area contributed by atoms with E-state index >= 15 is 0 Å². The van der Waals surface area contributed by atoms with Gasteiger partial charge < -0.3 is 9.64 Å². The van der Waals surface area contributed by atoms with Gasteiger partial charge in [-0.1, -0.05) is 30.3 Å². The normalized spacial score (nSPS) is 22.6. The van der Waals surface area contributed by atoms with Crippen LogP contribution in [0.1, 0.15) is 22.3 Å². The number of rotatable bonds is 5. The molecule has 2 aliphatic rings. The Bertz CT molecular complexity index is 864. The Morgan fingerprint density at radius 3 is 2.43 bits per heavy atom. The summed E-state index contributed by atoms with van der Waals surface area (Å²) in [6.45, 7) is 4.17. The molecule has 0 aromatic heterocycles. The fraction of sp³-hybridized carbons (Fsp3) is 0.417. The molecule has 158 valence electrons. The molecule has 2 aliphatic heterocycles. The van der Waals surface area contributed by atoms with Crippen molar-refractivity contribution >= 4 is 11.7 Å². The second kappa shape index (κ2) is 9.49. The van der Waals surface area contributed by atoms with Gasteiger partial charge in [-0.05, 0) is 36.2 Å². The Hall–Kier alpha value is -2.57. The highest BCUT2D eigenvalue weighted by Gasteiger charge is 2.43. The van der Waals surface area contributed by atoms with Crippen molar-refractivity contribution in [3.63, 3.8) is 0 Å². The standard InChI is InChI=1S/C24H27FN2O3/c25-20-9-7-19(8-10-20)23(28)21-16-26(15-18-5-2-1-3-6-18)17-22(21)24(29)27-11-4-13-30-14-12-27/h1-3,5-10,21-22H,4,11-17H2/t21-,22-/m1/s1. The van der Waals surface area contributed by atoms with Crippen molar-refractivity contribution in [3.8, 4) is 0 Å². The third-order valence-corrected chi connectivity index (χ3v) is 5.96. The number of Topliss-reactive ketones (excluding diaryl/α,β-unsaturated/α-hetero) is 1. The minimum Gasteiger partial charge on any atom is -0.380 e. The molecule has 0 spiro atoms. The summed E-state index contributed by atoms with van der Waals surface area (Å²) in [7, 11) is 0. The average molecular weight is 410 g/mol. The molecule has 2 aromatic rings. The van der Waals surface area contributed by atoms with E-state index in [1.54, 1.807) is 0 Å². The van der Waals surface area contributed by atoms with Crippen molar-refractivity contribution in [3.05, 3.63) is 71.5 Å². The van der Waals surface area contributed by atoms with Crippen LogP contribution in [0.2, 0.25) is 0 Å². The third kappa shape index (κ3) is 4.77. The number of halogens is 1. The highest BCUT2D eigenvalue weighted by Crippen LogP contribution is 2.30. The topological polar surface area (TPSA) is 49.9 Å². The minimum absolute atomic E-state index is 0.0246. The van der Waals surface area contributed by atoms with Gasteiger partial charge in [0.2, 0.25) is 5.91 Å². The number of carbonyl (C=O) groups excluding carboxylic acids is 2. The van der Waals surface area contributed by atoms with E-state index in [0.717, 1.165) is 12.0 Å². The molecule has 2 saturated heterocycles. The minimum atomic E-state index is -0.434. The van der Waals surface area contributed by atoms with E-state index in [0.29, 0.717) is 51.5 Å². The Labute approximate surface area is 176 Å². The molecular weight excluding hydrogens is 383 g/mol. The Morgan fingerprint density at radius 2 is 1.67 bits per heavy atom. The maximum Gasteiger partial charge on any atom is 0.227 e. The van der Waals surface area contributed by atoms with Gasteiger partial charge in [-0.3, -0.25) is 14.5 Å². The summed E-state index contributed by atoms with van der Waals surface area (Å²) in [6.07, 6.45) is 0.808. The molecular formula is C24H27FN2O3. The lowest BCUT2D eigenvalue weighted by molar-refractivity contribution is -0.136. The summed E-state index contributed by atoms with van der Waals surface area (Å²) < 4.78 is 18.8. The van der Waals surface area contributed by atoms with Crippen LogP contribution in [-0.2, 0) is 16.1 Å². The van der Waals surface area contributed by atoms with Gasteiger partial charge in [0.1, 0.15) is 5.82 Å². The summed E-state index contributed by atoms with van der Waals surface area (Å²) >= 11 is 0. The average Bonchev–Trinajstić information content (AvgIpc) is 2.99. The van der Waals surface area contributed by atoms with Crippen LogP contribution in [0.4, 0.5) is 4.39 Å². The Morgan fingerprint density at radius 1 is 0.933 bits per heavy atom. The van der Waals surface area contributed by atoms with Crippen molar-refractivity contribution in [2.75, 3.05) is 39.4 Å². The van der Waals surface area contributed by atoms with Gasteiger partial charge in [0.05, 0.1) is 12.5 Å². The molecule has 0 radical (unpaired) electrons. The molecule has 2 aromatic carbocycles. The summed E-state index contributed by atoms with van der Waals surface area (Å²) in [5.74, 6) is -1.27. The zero-order chi connectivity index (χ0) is 20.9. The summed E-state index contributed by atoms with van der Waals surface area (Å²) in [6, 6.07) is 15.7. The molecule has 30 heavy (non-hydrogen) atoms. The maximum atomic E-state index is 13.4. The quantitative estimate of drug-likeness (QED) is 0.711. The molecule has 1 amide bonds. The highest BCUT2D eigenvalue weighted by atomic mass is 19.1. The fourth-order valence-electron chi connectivity index (χ4n) is 4.40. The summed E-state index contributed by atoms with van der Waals surface area (Å²) in [4.78, 5) is 30.7. The van der Waals surface area contributed by atoms with Crippen LogP contribution >= 0.6 is 0 Å². The number of likely N-dealkylation sites (tertiary alicyclic amines) is 1. The van der Waals surface area contributed by atoms with Crippen LogP contribution in [0.25, 0.3) is 0 Å². The zero-order valence-electron chi connectivity index (χ0n) is 17.0. The first-order chi connectivity index (χ1) is 14.6. The van der Waals surface area contributed by atoms with Crippen molar-refractivity contribution in [1.29, 1.82) is 0 Å². The van der Waals surface area contributed by atoms with Gasteiger partial charge in [-0.25, -0.2) is 4.39 Å².